The Morgan fingerprint density at radius 1 is 0.198 bits per heavy atom. The number of aromatic nitrogens is 15. The van der Waals surface area contributed by atoms with Crippen molar-refractivity contribution in [1.82, 2.24) is 73.5 Å². The van der Waals surface area contributed by atoms with Crippen LogP contribution in [-0.4, -0.2) is 73.5 Å². The molecule has 0 aliphatic heterocycles. The van der Waals surface area contributed by atoms with Crippen LogP contribution in [0.2, 0.25) is 0 Å². The van der Waals surface area contributed by atoms with E-state index in [1.54, 1.807) is 0 Å². The number of benzene rings is 15. The minimum atomic E-state index is 0.532. The average molecular weight is 1620 g/mol. The van der Waals surface area contributed by atoms with Gasteiger partial charge in [0.1, 0.15) is 33.3 Å². The Labute approximate surface area is 715 Å². The van der Waals surface area contributed by atoms with E-state index in [1.807, 2.05) is 262 Å². The molecule has 0 aliphatic rings. The number of hydrogen-bond donors (Lipinski definition) is 0. The molecule has 0 atom stereocenters. The number of fused-ring (bicyclic) bond motifs is 27. The number of pyridine rings is 3. The molecule has 588 valence electrons. The van der Waals surface area contributed by atoms with Crippen LogP contribution in [0, 0.1) is 0 Å². The number of hydrogen-bond acceptors (Lipinski definition) is 15. The molecule has 0 amide bonds. The molecule has 0 spiro atoms. The summed E-state index contributed by atoms with van der Waals surface area (Å²) >= 11 is 0. The molecule has 18 nitrogen and oxygen atoms in total. The van der Waals surface area contributed by atoms with Crippen LogP contribution in [0.5, 0.6) is 0 Å². The zero-order valence-corrected chi connectivity index (χ0v) is 66.8. The SMILES string of the molecule is c1ccc(-c2nc(-c3ccccc3)nc(-n3c4ccccc4c4ccc5c(oc6ccc7cccnc7c65)c43)n2)cc1.c1ccc(-c2nc(-c3ccccc3)nc(-n3c4ccccc4c4ccc5c(oc6ccc7ccncc7c65)c43)n2)cc1.c1ccc(-c2nc(-c3ccccc3)nc(-n3c4ccccc4c4ccc5c(oc6ccc7cnccc7c65)c43)n2)cc1. The second-order valence-electron chi connectivity index (χ2n) is 31.0. The zero-order valence-electron chi connectivity index (χ0n) is 66.8. The van der Waals surface area contributed by atoms with Crippen molar-refractivity contribution in [3.63, 3.8) is 0 Å². The Morgan fingerprint density at radius 2 is 0.516 bits per heavy atom. The van der Waals surface area contributed by atoms with E-state index in [9.17, 15) is 0 Å². The summed E-state index contributed by atoms with van der Waals surface area (Å²) in [5.41, 5.74) is 17.0. The van der Waals surface area contributed by atoms with E-state index in [1.165, 1.54) is 0 Å². The summed E-state index contributed by atoms with van der Waals surface area (Å²) in [7, 11) is 0. The minimum absolute atomic E-state index is 0.532. The Morgan fingerprint density at radius 3 is 0.913 bits per heavy atom. The number of nitrogens with zero attached hydrogens (tertiary/aromatic N) is 15. The summed E-state index contributed by atoms with van der Waals surface area (Å²) in [6.07, 6.45) is 9.29. The quantitative estimate of drug-likeness (QED) is 0.132. The van der Waals surface area contributed by atoms with E-state index in [0.29, 0.717) is 52.8 Å². The van der Waals surface area contributed by atoms with E-state index in [0.717, 1.165) is 197 Å². The van der Waals surface area contributed by atoms with Crippen molar-refractivity contribution < 1.29 is 13.3 Å². The lowest BCUT2D eigenvalue weighted by molar-refractivity contribution is 0.670. The lowest BCUT2D eigenvalue weighted by Crippen LogP contribution is -2.06. The molecule has 27 rings (SSSR count). The summed E-state index contributed by atoms with van der Waals surface area (Å²) in [4.78, 5) is 58.6. The Bertz CT molecular complexity index is 8040. The van der Waals surface area contributed by atoms with Crippen molar-refractivity contribution in [3.8, 4) is 86.2 Å². The molecular weight excluding hydrogens is 1560 g/mol. The maximum Gasteiger partial charge on any atom is 0.238 e. The van der Waals surface area contributed by atoms with Gasteiger partial charge in [-0.1, -0.05) is 267 Å². The van der Waals surface area contributed by atoms with Crippen LogP contribution in [0.25, 0.3) is 250 Å². The predicted octanol–water partition coefficient (Wildman–Crippen LogP) is 26.3. The lowest BCUT2D eigenvalue weighted by Gasteiger charge is -2.11. The number of para-hydroxylation sites is 3. The van der Waals surface area contributed by atoms with Crippen molar-refractivity contribution in [1.29, 1.82) is 0 Å². The highest BCUT2D eigenvalue weighted by atomic mass is 16.3. The molecule has 0 saturated heterocycles. The Kier molecular flexibility index (Phi) is 16.5. The third-order valence-corrected chi connectivity index (χ3v) is 23.8. The van der Waals surface area contributed by atoms with Gasteiger partial charge in [0.2, 0.25) is 17.8 Å². The van der Waals surface area contributed by atoms with Gasteiger partial charge in [-0.15, -0.1) is 0 Å². The van der Waals surface area contributed by atoms with E-state index < -0.39 is 0 Å². The highest BCUT2D eigenvalue weighted by Crippen LogP contribution is 2.47. The molecule has 126 heavy (non-hydrogen) atoms. The van der Waals surface area contributed by atoms with Crippen LogP contribution in [0.3, 0.4) is 0 Å². The highest BCUT2D eigenvalue weighted by Gasteiger charge is 2.28. The second kappa shape index (κ2) is 29.1. The van der Waals surface area contributed by atoms with Gasteiger partial charge in [-0.05, 0) is 95.7 Å². The molecule has 27 aromatic rings. The molecule has 15 aromatic carbocycles. The van der Waals surface area contributed by atoms with Crippen LogP contribution < -0.4 is 0 Å². The standard InChI is InChI=1S/3C36H21N5O/c1-3-10-23(11-4-1)34-38-35(24-12-5-2-6-13-24)40-36(39-34)41-28-16-8-7-15-25(28)26-18-19-27-30-29(42-33(27)32(26)41)20-17-22-14-9-21-37-31(22)30;1-3-9-23(10-4-1)34-38-35(24-11-5-2-6-12-24)40-36(39-34)41-29-14-8-7-13-25(29)26-16-17-27-31-28-21-37-20-19-22(28)15-18-30(31)42-33(27)32(26)41;1-3-9-22(10-4-1)34-38-35(23-11-5-2-6-12-23)40-36(39-34)41-29-14-8-7-13-26(29)27-16-17-28-31-25-19-20-37-21-24(25)15-18-30(31)42-33(28)32(27)41/h3*1-21H. The normalized spacial score (nSPS) is 11.8. The molecule has 0 unspecified atom stereocenters. The van der Waals surface area contributed by atoms with Gasteiger partial charge in [-0.2, -0.15) is 29.9 Å². The van der Waals surface area contributed by atoms with Crippen LogP contribution in [0.4, 0.5) is 0 Å². The Balaban J connectivity index is 0.000000103. The molecule has 0 radical (unpaired) electrons. The van der Waals surface area contributed by atoms with Crippen LogP contribution in [-0.2, 0) is 0 Å². The van der Waals surface area contributed by atoms with Crippen molar-refractivity contribution in [3.05, 3.63) is 383 Å². The smallest absolute Gasteiger partial charge is 0.238 e. The Hall–Kier alpha value is -17.6. The van der Waals surface area contributed by atoms with Gasteiger partial charge in [0.15, 0.2) is 51.7 Å². The second-order valence-corrected chi connectivity index (χ2v) is 31.0. The van der Waals surface area contributed by atoms with Gasteiger partial charge in [0.05, 0.1) is 27.5 Å². The van der Waals surface area contributed by atoms with Gasteiger partial charge in [-0.25, -0.2) is 15.0 Å². The van der Waals surface area contributed by atoms with Crippen LogP contribution in [0.1, 0.15) is 0 Å². The predicted molar refractivity (Wildman–Crippen MR) is 503 cm³/mol. The first-order chi connectivity index (χ1) is 62.5. The molecule has 0 fully saturated rings. The van der Waals surface area contributed by atoms with Gasteiger partial charge >= 0.3 is 0 Å². The summed E-state index contributed by atoms with van der Waals surface area (Å²) in [6.45, 7) is 0. The van der Waals surface area contributed by atoms with Gasteiger partial charge in [0, 0.05) is 140 Å². The number of rotatable bonds is 9. The van der Waals surface area contributed by atoms with Crippen molar-refractivity contribution in [2.45, 2.75) is 0 Å². The third kappa shape index (κ3) is 11.6. The third-order valence-electron chi connectivity index (χ3n) is 23.8. The molecule has 12 aromatic heterocycles. The molecule has 0 saturated carbocycles. The van der Waals surface area contributed by atoms with Crippen LogP contribution >= 0.6 is 0 Å². The maximum absolute atomic E-state index is 6.68. The maximum atomic E-state index is 6.68. The summed E-state index contributed by atoms with van der Waals surface area (Å²) in [5.74, 6) is 5.27. The summed E-state index contributed by atoms with van der Waals surface area (Å²) in [5, 5.41) is 18.2. The van der Waals surface area contributed by atoms with E-state index in [4.69, 9.17) is 63.1 Å². The summed E-state index contributed by atoms with van der Waals surface area (Å²) < 4.78 is 26.4. The molecule has 0 N–H and O–H groups in total. The first-order valence-electron chi connectivity index (χ1n) is 41.5. The largest absolute Gasteiger partial charge is 0.454 e. The molecule has 18 heteroatoms. The number of furan rings is 3. The van der Waals surface area contributed by atoms with Gasteiger partial charge in [0.25, 0.3) is 0 Å². The first kappa shape index (κ1) is 71.3. The van der Waals surface area contributed by atoms with Crippen molar-refractivity contribution >= 4 is 164 Å². The van der Waals surface area contributed by atoms with Crippen LogP contribution in [0.15, 0.2) is 396 Å². The molecular formula is C108H63N15O3. The van der Waals surface area contributed by atoms with E-state index >= 15 is 0 Å². The monoisotopic (exact) mass is 1620 g/mol. The zero-order chi connectivity index (χ0) is 82.9. The topological polar surface area (TPSA) is 209 Å². The van der Waals surface area contributed by atoms with E-state index in [-0.39, 0.29) is 0 Å². The molecule has 0 aliphatic carbocycles. The van der Waals surface area contributed by atoms with Gasteiger partial charge < -0.3 is 13.3 Å². The summed E-state index contributed by atoms with van der Waals surface area (Å²) in [6, 6.07) is 119. The minimum Gasteiger partial charge on any atom is -0.454 e. The van der Waals surface area contributed by atoms with E-state index in [2.05, 4.69) is 145 Å². The molecule has 0 bridgehead atoms. The fourth-order valence-electron chi connectivity index (χ4n) is 18.1. The fourth-order valence-corrected chi connectivity index (χ4v) is 18.1. The highest BCUT2D eigenvalue weighted by molar-refractivity contribution is 6.29. The fraction of sp³-hybridized carbons (Fsp3) is 0. The average Bonchev–Trinajstić information content (AvgIpc) is 1.56. The van der Waals surface area contributed by atoms with Crippen molar-refractivity contribution in [2.24, 2.45) is 0 Å². The lowest BCUT2D eigenvalue weighted by atomic mass is 10.0. The molecule has 12 heterocycles. The van der Waals surface area contributed by atoms with Gasteiger partial charge in [-0.3, -0.25) is 28.7 Å². The first-order valence-corrected chi connectivity index (χ1v) is 41.5. The van der Waals surface area contributed by atoms with Crippen molar-refractivity contribution in [2.75, 3.05) is 0 Å².